The summed E-state index contributed by atoms with van der Waals surface area (Å²) in [6, 6.07) is -1.28. The van der Waals surface area contributed by atoms with E-state index in [1.807, 2.05) is 0 Å². The van der Waals surface area contributed by atoms with Gasteiger partial charge in [-0.05, 0) is 45.4 Å². The molecule has 1 aliphatic heterocycles. The zero-order valence-electron chi connectivity index (χ0n) is 14.4. The zero-order valence-corrected chi connectivity index (χ0v) is 16.1. The number of sulfonamides is 1. The van der Waals surface area contributed by atoms with Crippen LogP contribution >= 0.6 is 0 Å². The summed E-state index contributed by atoms with van der Waals surface area (Å²) >= 11 is 0. The van der Waals surface area contributed by atoms with Gasteiger partial charge in [0.25, 0.3) is 0 Å². The van der Waals surface area contributed by atoms with E-state index in [9.17, 15) is 26.7 Å². The highest BCUT2D eigenvalue weighted by molar-refractivity contribution is 7.92. The molecular formula is C15H27NO6S2. The van der Waals surface area contributed by atoms with Crippen LogP contribution in [0.25, 0.3) is 0 Å². The molecule has 0 amide bonds. The Kier molecular flexibility index (Phi) is 5.38. The van der Waals surface area contributed by atoms with Crippen molar-refractivity contribution in [2.75, 3.05) is 12.0 Å². The summed E-state index contributed by atoms with van der Waals surface area (Å²) in [7, 11) is -7.23. The van der Waals surface area contributed by atoms with Gasteiger partial charge in [-0.1, -0.05) is 12.8 Å². The van der Waals surface area contributed by atoms with Crippen LogP contribution in [-0.2, 0) is 24.7 Å². The highest BCUT2D eigenvalue weighted by atomic mass is 32.2. The van der Waals surface area contributed by atoms with E-state index in [0.717, 1.165) is 25.5 Å². The van der Waals surface area contributed by atoms with Gasteiger partial charge in [0, 0.05) is 12.3 Å². The Hall–Kier alpha value is -0.670. The molecule has 0 aromatic rings. The first-order chi connectivity index (χ1) is 10.9. The Balaban J connectivity index is 2.24. The van der Waals surface area contributed by atoms with E-state index in [1.165, 1.54) is 18.2 Å². The summed E-state index contributed by atoms with van der Waals surface area (Å²) in [5.74, 6) is -1.37. The van der Waals surface area contributed by atoms with Crippen molar-refractivity contribution in [3.63, 3.8) is 0 Å². The van der Waals surface area contributed by atoms with Gasteiger partial charge < -0.3 is 5.11 Å². The molecule has 1 saturated heterocycles. The third-order valence-corrected chi connectivity index (χ3v) is 9.70. The first kappa shape index (κ1) is 19.7. The Morgan fingerprint density at radius 3 is 2.29 bits per heavy atom. The van der Waals surface area contributed by atoms with Gasteiger partial charge in [0.15, 0.2) is 9.84 Å². The van der Waals surface area contributed by atoms with E-state index in [1.54, 1.807) is 0 Å². The lowest BCUT2D eigenvalue weighted by molar-refractivity contribution is -0.141. The maximum Gasteiger partial charge on any atom is 0.322 e. The summed E-state index contributed by atoms with van der Waals surface area (Å²) in [4.78, 5) is 11.6. The number of carbonyl (C=O) groups is 1. The van der Waals surface area contributed by atoms with Crippen molar-refractivity contribution in [2.45, 2.75) is 69.2 Å². The molecule has 3 atom stereocenters. The molecule has 0 spiro atoms. The van der Waals surface area contributed by atoms with Crippen LogP contribution in [0.2, 0.25) is 0 Å². The molecule has 9 heteroatoms. The molecule has 7 nitrogen and oxygen atoms in total. The minimum Gasteiger partial charge on any atom is -0.480 e. The van der Waals surface area contributed by atoms with E-state index in [2.05, 4.69) is 0 Å². The summed E-state index contributed by atoms with van der Waals surface area (Å²) in [5.41, 5.74) is 0. The van der Waals surface area contributed by atoms with Crippen LogP contribution in [0, 0.1) is 5.92 Å². The van der Waals surface area contributed by atoms with Crippen LogP contribution in [0.5, 0.6) is 0 Å². The van der Waals surface area contributed by atoms with Crippen molar-refractivity contribution in [1.82, 2.24) is 4.31 Å². The Bertz CT molecular complexity index is 697. The standard InChI is InChI=1S/C15H27NO6S2/c1-15(2,23(3,19)20)8-9-24(21,22)16-12-7-5-4-6-11(12)10-13(16)14(17)18/h11-13H,4-10H2,1-3H3,(H,17,18). The molecule has 1 saturated carbocycles. The summed E-state index contributed by atoms with van der Waals surface area (Å²) in [6.45, 7) is 3.00. The average molecular weight is 382 g/mol. The fraction of sp³-hybridized carbons (Fsp3) is 0.933. The van der Waals surface area contributed by atoms with Gasteiger partial charge in [-0.15, -0.1) is 0 Å². The molecule has 3 unspecified atom stereocenters. The van der Waals surface area contributed by atoms with Crippen LogP contribution in [0.1, 0.15) is 52.4 Å². The average Bonchev–Trinajstić information content (AvgIpc) is 2.84. The molecule has 1 heterocycles. The summed E-state index contributed by atoms with van der Waals surface area (Å²) in [6.07, 6.45) is 4.84. The molecule has 0 bridgehead atoms. The molecule has 2 rings (SSSR count). The van der Waals surface area contributed by atoms with Gasteiger partial charge in [-0.25, -0.2) is 16.8 Å². The van der Waals surface area contributed by atoms with E-state index < -0.39 is 36.6 Å². The van der Waals surface area contributed by atoms with Gasteiger partial charge in [0.05, 0.1) is 10.5 Å². The third kappa shape index (κ3) is 3.77. The van der Waals surface area contributed by atoms with Crippen molar-refractivity contribution in [2.24, 2.45) is 5.92 Å². The Morgan fingerprint density at radius 2 is 1.75 bits per heavy atom. The van der Waals surface area contributed by atoms with Crippen LogP contribution in [0.3, 0.4) is 0 Å². The summed E-state index contributed by atoms with van der Waals surface area (Å²) in [5, 5.41) is 9.45. The summed E-state index contributed by atoms with van der Waals surface area (Å²) < 4.78 is 49.3. The maximum atomic E-state index is 12.8. The van der Waals surface area contributed by atoms with Crippen molar-refractivity contribution in [1.29, 1.82) is 0 Å². The normalized spacial score (nSPS) is 29.4. The minimum atomic E-state index is -3.83. The van der Waals surface area contributed by atoms with E-state index in [0.29, 0.717) is 12.8 Å². The van der Waals surface area contributed by atoms with Crippen molar-refractivity contribution in [3.8, 4) is 0 Å². The van der Waals surface area contributed by atoms with Crippen LogP contribution in [0.15, 0.2) is 0 Å². The van der Waals surface area contributed by atoms with Crippen LogP contribution in [-0.4, -0.2) is 61.1 Å². The lowest BCUT2D eigenvalue weighted by atomic mass is 9.85. The number of carboxylic acids is 1. The third-order valence-electron chi connectivity index (χ3n) is 5.60. The lowest BCUT2D eigenvalue weighted by Gasteiger charge is -2.33. The molecule has 2 aliphatic rings. The number of carboxylic acid groups (broad SMARTS) is 1. The van der Waals surface area contributed by atoms with Gasteiger partial charge in [-0.3, -0.25) is 4.79 Å². The number of sulfone groups is 1. The number of rotatable bonds is 6. The highest BCUT2D eigenvalue weighted by Gasteiger charge is 2.50. The maximum absolute atomic E-state index is 12.8. The van der Waals surface area contributed by atoms with E-state index in [-0.39, 0.29) is 24.1 Å². The monoisotopic (exact) mass is 381 g/mol. The second kappa shape index (κ2) is 6.57. The molecule has 140 valence electrons. The van der Waals surface area contributed by atoms with Crippen molar-refractivity contribution >= 4 is 25.8 Å². The fourth-order valence-electron chi connectivity index (χ4n) is 3.70. The second-order valence-corrected chi connectivity index (χ2v) is 12.3. The zero-order chi connectivity index (χ0) is 18.3. The molecule has 24 heavy (non-hydrogen) atoms. The predicted molar refractivity (Wildman–Crippen MR) is 91.0 cm³/mol. The smallest absolute Gasteiger partial charge is 0.322 e. The van der Waals surface area contributed by atoms with Gasteiger partial charge in [0.1, 0.15) is 6.04 Å². The Labute approximate surface area is 144 Å². The van der Waals surface area contributed by atoms with Gasteiger partial charge >= 0.3 is 5.97 Å². The van der Waals surface area contributed by atoms with Crippen molar-refractivity contribution in [3.05, 3.63) is 0 Å². The molecule has 2 fully saturated rings. The number of hydrogen-bond donors (Lipinski definition) is 1. The number of hydrogen-bond acceptors (Lipinski definition) is 5. The first-order valence-corrected chi connectivity index (χ1v) is 11.8. The topological polar surface area (TPSA) is 109 Å². The first-order valence-electron chi connectivity index (χ1n) is 8.30. The molecule has 0 aromatic heterocycles. The lowest BCUT2D eigenvalue weighted by Crippen LogP contribution is -2.48. The fourth-order valence-corrected chi connectivity index (χ4v) is 6.53. The molecule has 1 aliphatic carbocycles. The predicted octanol–water partition coefficient (Wildman–Crippen LogP) is 1.25. The number of nitrogens with zero attached hydrogens (tertiary/aromatic N) is 1. The van der Waals surface area contributed by atoms with Crippen molar-refractivity contribution < 1.29 is 26.7 Å². The van der Waals surface area contributed by atoms with Gasteiger partial charge in [0.2, 0.25) is 10.0 Å². The number of fused-ring (bicyclic) bond motifs is 1. The molecule has 0 aromatic carbocycles. The largest absolute Gasteiger partial charge is 0.480 e. The highest BCUT2D eigenvalue weighted by Crippen LogP contribution is 2.41. The Morgan fingerprint density at radius 1 is 1.17 bits per heavy atom. The second-order valence-electron chi connectivity index (χ2n) is 7.63. The SMILES string of the molecule is CC(C)(CCS(=O)(=O)N1C(C(=O)O)CC2CCCCC21)S(C)(=O)=O. The molecule has 0 radical (unpaired) electrons. The quantitative estimate of drug-likeness (QED) is 0.741. The van der Waals surface area contributed by atoms with Crippen LogP contribution < -0.4 is 0 Å². The molecule has 1 N–H and O–H groups in total. The van der Waals surface area contributed by atoms with E-state index in [4.69, 9.17) is 0 Å². The minimum absolute atomic E-state index is 0.0472. The molecular weight excluding hydrogens is 354 g/mol. The van der Waals surface area contributed by atoms with E-state index >= 15 is 0 Å². The van der Waals surface area contributed by atoms with Crippen LogP contribution in [0.4, 0.5) is 0 Å². The van der Waals surface area contributed by atoms with Gasteiger partial charge in [-0.2, -0.15) is 4.31 Å². The number of aliphatic carboxylic acids is 1.